The molecule has 0 atom stereocenters. The van der Waals surface area contributed by atoms with E-state index in [-0.39, 0.29) is 12.5 Å². The number of nitrogens with zero attached hydrogens (tertiary/aromatic N) is 1. The van der Waals surface area contributed by atoms with Crippen LogP contribution in [-0.2, 0) is 17.9 Å². The summed E-state index contributed by atoms with van der Waals surface area (Å²) in [5.74, 6) is 1.38. The third-order valence-electron chi connectivity index (χ3n) is 3.62. The van der Waals surface area contributed by atoms with Crippen LogP contribution >= 0.6 is 11.3 Å². The molecule has 1 amide bonds. The van der Waals surface area contributed by atoms with Crippen LogP contribution < -0.4 is 4.74 Å². The molecule has 0 unspecified atom stereocenters. The highest BCUT2D eigenvalue weighted by Crippen LogP contribution is 2.15. The Kier molecular flexibility index (Phi) is 5.33. The van der Waals surface area contributed by atoms with Gasteiger partial charge in [0, 0.05) is 6.54 Å². The third kappa shape index (κ3) is 4.49. The van der Waals surface area contributed by atoms with E-state index in [0.29, 0.717) is 18.8 Å². The molecule has 4 nitrogen and oxygen atoms in total. The van der Waals surface area contributed by atoms with Gasteiger partial charge in [-0.2, -0.15) is 11.3 Å². The molecule has 124 valence electrons. The summed E-state index contributed by atoms with van der Waals surface area (Å²) < 4.78 is 11.0. The molecule has 3 rings (SSSR count). The maximum atomic E-state index is 12.6. The first kappa shape index (κ1) is 16.3. The molecule has 0 aliphatic heterocycles. The van der Waals surface area contributed by atoms with Crippen molar-refractivity contribution in [3.8, 4) is 5.75 Å². The van der Waals surface area contributed by atoms with Crippen LogP contribution in [0, 0.1) is 6.92 Å². The molecule has 0 spiro atoms. The van der Waals surface area contributed by atoms with Crippen LogP contribution in [0.4, 0.5) is 0 Å². The van der Waals surface area contributed by atoms with Crippen LogP contribution in [0.3, 0.4) is 0 Å². The molecule has 0 aliphatic carbocycles. The fourth-order valence-corrected chi connectivity index (χ4v) is 2.96. The van der Waals surface area contributed by atoms with Crippen LogP contribution in [0.2, 0.25) is 0 Å². The van der Waals surface area contributed by atoms with E-state index in [4.69, 9.17) is 9.15 Å². The standard InChI is InChI=1S/C19H19NO3S/c1-15-4-6-17(7-5-15)23-13-19(21)20(11-16-8-10-24-14-16)12-18-3-2-9-22-18/h2-10,14H,11-13H2,1H3. The zero-order chi connectivity index (χ0) is 16.8. The molecular weight excluding hydrogens is 322 g/mol. The number of carbonyl (C=O) groups excluding carboxylic acids is 1. The van der Waals surface area contributed by atoms with Crippen molar-refractivity contribution < 1.29 is 13.9 Å². The summed E-state index contributed by atoms with van der Waals surface area (Å²) in [4.78, 5) is 14.3. The minimum Gasteiger partial charge on any atom is -0.484 e. The van der Waals surface area contributed by atoms with Gasteiger partial charge in [-0.1, -0.05) is 17.7 Å². The number of ether oxygens (including phenoxy) is 1. The molecule has 3 aromatic rings. The van der Waals surface area contributed by atoms with Crippen molar-refractivity contribution >= 4 is 17.2 Å². The van der Waals surface area contributed by atoms with Crippen LogP contribution in [0.15, 0.2) is 63.9 Å². The number of aryl methyl sites for hydroxylation is 1. The Balaban J connectivity index is 1.64. The first-order chi connectivity index (χ1) is 11.7. The minimum atomic E-state index is -0.0711. The van der Waals surface area contributed by atoms with Gasteiger partial charge in [-0.25, -0.2) is 0 Å². The van der Waals surface area contributed by atoms with E-state index in [0.717, 1.165) is 16.9 Å². The lowest BCUT2D eigenvalue weighted by Crippen LogP contribution is -2.33. The second-order valence-corrected chi connectivity index (χ2v) is 6.34. The highest BCUT2D eigenvalue weighted by atomic mass is 32.1. The third-order valence-corrected chi connectivity index (χ3v) is 4.35. The van der Waals surface area contributed by atoms with Gasteiger partial charge in [0.05, 0.1) is 12.8 Å². The topological polar surface area (TPSA) is 42.7 Å². The molecule has 0 saturated carbocycles. The van der Waals surface area contributed by atoms with Gasteiger partial charge in [0.2, 0.25) is 0 Å². The second-order valence-electron chi connectivity index (χ2n) is 5.56. The number of carbonyl (C=O) groups is 1. The van der Waals surface area contributed by atoms with Gasteiger partial charge in [-0.05, 0) is 53.6 Å². The molecule has 0 aliphatic rings. The largest absolute Gasteiger partial charge is 0.484 e. The van der Waals surface area contributed by atoms with Crippen molar-refractivity contribution in [2.45, 2.75) is 20.0 Å². The predicted octanol–water partition coefficient (Wildman–Crippen LogP) is 4.26. The van der Waals surface area contributed by atoms with Gasteiger partial charge in [-0.3, -0.25) is 4.79 Å². The van der Waals surface area contributed by atoms with E-state index in [1.165, 1.54) is 0 Å². The van der Waals surface area contributed by atoms with E-state index >= 15 is 0 Å². The van der Waals surface area contributed by atoms with Crippen molar-refractivity contribution in [3.63, 3.8) is 0 Å². The molecule has 0 fully saturated rings. The fraction of sp³-hybridized carbons (Fsp3) is 0.211. The molecule has 1 aromatic carbocycles. The number of rotatable bonds is 7. The van der Waals surface area contributed by atoms with Gasteiger partial charge in [-0.15, -0.1) is 0 Å². The van der Waals surface area contributed by atoms with Crippen molar-refractivity contribution in [1.29, 1.82) is 0 Å². The summed E-state index contributed by atoms with van der Waals surface area (Å²) in [5, 5.41) is 4.05. The van der Waals surface area contributed by atoms with E-state index in [1.54, 1.807) is 22.5 Å². The Morgan fingerprint density at radius 3 is 2.67 bits per heavy atom. The molecular formula is C19H19NO3S. The summed E-state index contributed by atoms with van der Waals surface area (Å²) in [5.41, 5.74) is 2.26. The summed E-state index contributed by atoms with van der Waals surface area (Å²) in [6.45, 7) is 2.99. The maximum absolute atomic E-state index is 12.6. The summed E-state index contributed by atoms with van der Waals surface area (Å²) in [6, 6.07) is 13.4. The Hall–Kier alpha value is -2.53. The lowest BCUT2D eigenvalue weighted by Gasteiger charge is -2.21. The quantitative estimate of drug-likeness (QED) is 0.645. The van der Waals surface area contributed by atoms with Gasteiger partial charge in [0.25, 0.3) is 5.91 Å². The van der Waals surface area contributed by atoms with E-state index in [9.17, 15) is 4.79 Å². The first-order valence-corrected chi connectivity index (χ1v) is 8.66. The molecule has 0 saturated heterocycles. The van der Waals surface area contributed by atoms with Crippen molar-refractivity contribution in [2.75, 3.05) is 6.61 Å². The van der Waals surface area contributed by atoms with Crippen LogP contribution in [-0.4, -0.2) is 17.4 Å². The smallest absolute Gasteiger partial charge is 0.261 e. The average Bonchev–Trinajstić information content (AvgIpc) is 3.27. The second kappa shape index (κ2) is 7.84. The Labute approximate surface area is 145 Å². The highest BCUT2D eigenvalue weighted by Gasteiger charge is 2.17. The lowest BCUT2D eigenvalue weighted by molar-refractivity contribution is -0.134. The van der Waals surface area contributed by atoms with E-state index in [2.05, 4.69) is 0 Å². The Morgan fingerprint density at radius 1 is 1.17 bits per heavy atom. The van der Waals surface area contributed by atoms with Crippen LogP contribution in [0.5, 0.6) is 5.75 Å². The SMILES string of the molecule is Cc1ccc(OCC(=O)N(Cc2ccsc2)Cc2ccco2)cc1. The number of furan rings is 1. The number of hydrogen-bond donors (Lipinski definition) is 0. The average molecular weight is 341 g/mol. The normalized spacial score (nSPS) is 10.5. The first-order valence-electron chi connectivity index (χ1n) is 7.71. The predicted molar refractivity (Wildman–Crippen MR) is 94.0 cm³/mol. The summed E-state index contributed by atoms with van der Waals surface area (Å²) >= 11 is 1.62. The lowest BCUT2D eigenvalue weighted by atomic mass is 10.2. The molecule has 24 heavy (non-hydrogen) atoms. The number of benzene rings is 1. The van der Waals surface area contributed by atoms with Crippen LogP contribution in [0.25, 0.3) is 0 Å². The number of hydrogen-bond acceptors (Lipinski definition) is 4. The number of amides is 1. The van der Waals surface area contributed by atoms with E-state index in [1.807, 2.05) is 60.1 Å². The van der Waals surface area contributed by atoms with Gasteiger partial charge in [0.1, 0.15) is 11.5 Å². The van der Waals surface area contributed by atoms with Crippen LogP contribution in [0.1, 0.15) is 16.9 Å². The molecule has 0 N–H and O–H groups in total. The Bertz CT molecular complexity index is 712. The monoisotopic (exact) mass is 341 g/mol. The zero-order valence-electron chi connectivity index (χ0n) is 13.5. The van der Waals surface area contributed by atoms with Crippen molar-refractivity contribution in [1.82, 2.24) is 4.90 Å². The van der Waals surface area contributed by atoms with Gasteiger partial charge < -0.3 is 14.1 Å². The van der Waals surface area contributed by atoms with Gasteiger partial charge >= 0.3 is 0 Å². The summed E-state index contributed by atoms with van der Waals surface area (Å²) in [7, 11) is 0. The molecule has 0 radical (unpaired) electrons. The summed E-state index contributed by atoms with van der Waals surface area (Å²) in [6.07, 6.45) is 1.62. The molecule has 2 heterocycles. The minimum absolute atomic E-state index is 0.00784. The van der Waals surface area contributed by atoms with Crippen molar-refractivity contribution in [2.24, 2.45) is 0 Å². The van der Waals surface area contributed by atoms with Crippen molar-refractivity contribution in [3.05, 3.63) is 76.4 Å². The zero-order valence-corrected chi connectivity index (χ0v) is 14.3. The fourth-order valence-electron chi connectivity index (χ4n) is 2.30. The van der Waals surface area contributed by atoms with Gasteiger partial charge in [0.15, 0.2) is 6.61 Å². The maximum Gasteiger partial charge on any atom is 0.261 e. The molecule has 5 heteroatoms. The molecule has 2 aromatic heterocycles. The highest BCUT2D eigenvalue weighted by molar-refractivity contribution is 7.07. The molecule has 0 bridgehead atoms. The number of thiophene rings is 1. The Morgan fingerprint density at radius 2 is 2.00 bits per heavy atom. The van der Waals surface area contributed by atoms with E-state index < -0.39 is 0 Å².